The summed E-state index contributed by atoms with van der Waals surface area (Å²) in [6.45, 7) is 0.117. The molecule has 1 saturated heterocycles. The van der Waals surface area contributed by atoms with Gasteiger partial charge in [0.25, 0.3) is 0 Å². The summed E-state index contributed by atoms with van der Waals surface area (Å²) in [5, 5.41) is 2.39. The van der Waals surface area contributed by atoms with Gasteiger partial charge in [0.1, 0.15) is 5.75 Å². The molecular weight excluding hydrogens is 530 g/mol. The third kappa shape index (κ3) is 3.21. The standard InChI is InChI=1S/C32H20ClNO6/c33-18-7-9-19(10-8-18)34-30(35)27-21(17-6-11-23-25(13-17)39-15-38-23)14-22-26-20-4-2-1-3-16(20)5-12-24(26)40-32(37)28(22)29(27)31(34)36/h1-14,21,27-29H,15H2/t21-,27+,28-,29+/m1/s1. The zero-order valence-electron chi connectivity index (χ0n) is 20.9. The number of hydrogen-bond donors (Lipinski definition) is 0. The number of hydrogen-bond acceptors (Lipinski definition) is 6. The summed E-state index contributed by atoms with van der Waals surface area (Å²) in [5.74, 6) is -2.89. The number of fused-ring (bicyclic) bond motifs is 8. The Labute approximate surface area is 233 Å². The van der Waals surface area contributed by atoms with E-state index in [-0.39, 0.29) is 12.7 Å². The van der Waals surface area contributed by atoms with Crippen LogP contribution < -0.4 is 19.1 Å². The fourth-order valence-corrected chi connectivity index (χ4v) is 6.75. The Morgan fingerprint density at radius 3 is 2.38 bits per heavy atom. The molecule has 0 N–H and O–H groups in total. The number of nitrogens with zero attached hydrogens (tertiary/aromatic N) is 1. The Kier molecular flexibility index (Phi) is 4.91. The first-order valence-corrected chi connectivity index (χ1v) is 13.4. The average Bonchev–Trinajstić information content (AvgIpc) is 3.54. The summed E-state index contributed by atoms with van der Waals surface area (Å²) >= 11 is 6.09. The first kappa shape index (κ1) is 23.3. The molecule has 0 unspecified atom stereocenters. The van der Waals surface area contributed by atoms with Crippen LogP contribution in [0.2, 0.25) is 5.02 Å². The Bertz CT molecular complexity index is 1810. The Balaban J connectivity index is 1.36. The molecule has 2 amide bonds. The lowest BCUT2D eigenvalue weighted by Crippen LogP contribution is -2.42. The lowest BCUT2D eigenvalue weighted by atomic mass is 9.64. The highest BCUT2D eigenvalue weighted by Crippen LogP contribution is 2.56. The van der Waals surface area contributed by atoms with Crippen molar-refractivity contribution in [2.75, 3.05) is 11.7 Å². The van der Waals surface area contributed by atoms with Crippen LogP contribution in [0.4, 0.5) is 5.69 Å². The van der Waals surface area contributed by atoms with Gasteiger partial charge >= 0.3 is 5.97 Å². The van der Waals surface area contributed by atoms with Crippen molar-refractivity contribution in [2.24, 2.45) is 17.8 Å². The SMILES string of the molecule is O=C1Oc2ccc3ccccc3c2C2=C[C@H](c3ccc4c(c3)OCO4)[C@@H]3C(=O)N(c4ccc(Cl)cc4)C(=O)[C@@H]3[C@H]12. The summed E-state index contributed by atoms with van der Waals surface area (Å²) in [6, 6.07) is 23.7. The van der Waals surface area contributed by atoms with E-state index in [1.807, 2.05) is 54.6 Å². The lowest BCUT2D eigenvalue weighted by Gasteiger charge is -2.38. The minimum Gasteiger partial charge on any atom is -0.454 e. The zero-order valence-corrected chi connectivity index (χ0v) is 21.6. The summed E-state index contributed by atoms with van der Waals surface area (Å²) < 4.78 is 17.0. The van der Waals surface area contributed by atoms with E-state index in [0.717, 1.165) is 21.9 Å². The van der Waals surface area contributed by atoms with Gasteiger partial charge in [0.15, 0.2) is 11.5 Å². The van der Waals surface area contributed by atoms with Crippen molar-refractivity contribution in [3.05, 3.63) is 101 Å². The van der Waals surface area contributed by atoms with E-state index in [1.165, 1.54) is 4.90 Å². The maximum absolute atomic E-state index is 14.2. The minimum absolute atomic E-state index is 0.117. The number of halogens is 1. The number of ether oxygens (including phenoxy) is 3. The number of imide groups is 1. The van der Waals surface area contributed by atoms with Crippen LogP contribution in [-0.4, -0.2) is 24.6 Å². The topological polar surface area (TPSA) is 82.1 Å². The van der Waals surface area contributed by atoms with Gasteiger partial charge in [-0.1, -0.05) is 54.1 Å². The molecule has 4 aromatic rings. The summed E-state index contributed by atoms with van der Waals surface area (Å²) in [5.41, 5.74) is 2.68. The van der Waals surface area contributed by atoms with Gasteiger partial charge in [0.05, 0.1) is 23.4 Å². The van der Waals surface area contributed by atoms with Crippen LogP contribution in [0.25, 0.3) is 16.3 Å². The van der Waals surface area contributed by atoms with Gasteiger partial charge in [-0.3, -0.25) is 14.4 Å². The molecule has 4 aromatic carbocycles. The number of rotatable bonds is 2. The first-order chi connectivity index (χ1) is 19.5. The van der Waals surface area contributed by atoms with Crippen LogP contribution >= 0.6 is 11.6 Å². The van der Waals surface area contributed by atoms with E-state index in [0.29, 0.717) is 33.5 Å². The molecule has 3 aliphatic heterocycles. The van der Waals surface area contributed by atoms with Gasteiger partial charge in [0, 0.05) is 16.5 Å². The van der Waals surface area contributed by atoms with E-state index >= 15 is 0 Å². The highest BCUT2D eigenvalue weighted by Gasteiger charge is 2.60. The quantitative estimate of drug-likeness (QED) is 0.180. The highest BCUT2D eigenvalue weighted by molar-refractivity contribution is 6.31. The molecule has 4 atom stereocenters. The predicted molar refractivity (Wildman–Crippen MR) is 147 cm³/mol. The molecule has 1 fully saturated rings. The van der Waals surface area contributed by atoms with Gasteiger partial charge in [-0.15, -0.1) is 0 Å². The number of allylic oxidation sites excluding steroid dienone is 1. The van der Waals surface area contributed by atoms with E-state index in [2.05, 4.69) is 0 Å². The van der Waals surface area contributed by atoms with Crippen LogP contribution in [-0.2, 0) is 14.4 Å². The van der Waals surface area contributed by atoms with Crippen molar-refractivity contribution in [1.29, 1.82) is 0 Å². The largest absolute Gasteiger partial charge is 0.454 e. The minimum atomic E-state index is -0.946. The Hall–Kier alpha value is -4.62. The molecule has 0 bridgehead atoms. The summed E-state index contributed by atoms with van der Waals surface area (Å²) in [6.07, 6.45) is 1.98. The normalized spacial score (nSPS) is 24.4. The molecule has 196 valence electrons. The van der Waals surface area contributed by atoms with Crippen molar-refractivity contribution < 1.29 is 28.6 Å². The first-order valence-electron chi connectivity index (χ1n) is 13.0. The molecule has 0 radical (unpaired) electrons. The van der Waals surface area contributed by atoms with Crippen LogP contribution in [0.1, 0.15) is 17.0 Å². The van der Waals surface area contributed by atoms with Crippen molar-refractivity contribution in [1.82, 2.24) is 0 Å². The number of amides is 2. The molecule has 8 rings (SSSR count). The fourth-order valence-electron chi connectivity index (χ4n) is 6.62. The molecule has 0 aromatic heterocycles. The molecule has 3 heterocycles. The second kappa shape index (κ2) is 8.44. The fraction of sp³-hybridized carbons (Fsp3) is 0.156. The highest BCUT2D eigenvalue weighted by atomic mass is 35.5. The van der Waals surface area contributed by atoms with E-state index < -0.39 is 35.5 Å². The number of carbonyl (C=O) groups excluding carboxylic acids is 3. The third-order valence-corrected chi connectivity index (χ3v) is 8.60. The zero-order chi connectivity index (χ0) is 27.1. The summed E-state index contributed by atoms with van der Waals surface area (Å²) in [4.78, 5) is 43.1. The smallest absolute Gasteiger partial charge is 0.319 e. The van der Waals surface area contributed by atoms with Gasteiger partial charge in [-0.2, -0.15) is 0 Å². The molecule has 0 saturated carbocycles. The Morgan fingerprint density at radius 1 is 0.775 bits per heavy atom. The molecule has 0 spiro atoms. The molecule has 1 aliphatic carbocycles. The van der Waals surface area contributed by atoms with Gasteiger partial charge in [-0.05, 0) is 64.4 Å². The van der Waals surface area contributed by atoms with Crippen molar-refractivity contribution in [2.45, 2.75) is 5.92 Å². The molecule has 7 nitrogen and oxygen atoms in total. The van der Waals surface area contributed by atoms with E-state index in [4.69, 9.17) is 25.8 Å². The maximum Gasteiger partial charge on any atom is 0.319 e. The monoisotopic (exact) mass is 549 g/mol. The number of carbonyl (C=O) groups is 3. The van der Waals surface area contributed by atoms with Gasteiger partial charge < -0.3 is 14.2 Å². The maximum atomic E-state index is 14.2. The van der Waals surface area contributed by atoms with Crippen LogP contribution in [0.3, 0.4) is 0 Å². The number of anilines is 1. The second-order valence-electron chi connectivity index (χ2n) is 10.4. The Morgan fingerprint density at radius 2 is 1.52 bits per heavy atom. The van der Waals surface area contributed by atoms with Gasteiger partial charge in [0.2, 0.25) is 18.6 Å². The molecule has 8 heteroatoms. The van der Waals surface area contributed by atoms with Crippen LogP contribution in [0.5, 0.6) is 17.2 Å². The number of benzene rings is 4. The van der Waals surface area contributed by atoms with Crippen molar-refractivity contribution >= 4 is 51.4 Å². The predicted octanol–water partition coefficient (Wildman–Crippen LogP) is 5.74. The van der Waals surface area contributed by atoms with Crippen molar-refractivity contribution in [3.63, 3.8) is 0 Å². The molecule has 40 heavy (non-hydrogen) atoms. The lowest BCUT2D eigenvalue weighted by molar-refractivity contribution is -0.142. The van der Waals surface area contributed by atoms with Crippen LogP contribution in [0, 0.1) is 17.8 Å². The van der Waals surface area contributed by atoms with E-state index in [1.54, 1.807) is 30.3 Å². The third-order valence-electron chi connectivity index (χ3n) is 8.35. The summed E-state index contributed by atoms with van der Waals surface area (Å²) in [7, 11) is 0. The van der Waals surface area contributed by atoms with E-state index in [9.17, 15) is 14.4 Å². The van der Waals surface area contributed by atoms with Crippen molar-refractivity contribution in [3.8, 4) is 17.2 Å². The second-order valence-corrected chi connectivity index (χ2v) is 10.8. The molecule has 4 aliphatic rings. The molecular formula is C32H20ClNO6. The average molecular weight is 550 g/mol. The number of esters is 1. The van der Waals surface area contributed by atoms with Gasteiger partial charge in [-0.25, -0.2) is 4.90 Å². The van der Waals surface area contributed by atoms with Crippen LogP contribution in [0.15, 0.2) is 84.9 Å².